The molecule has 0 rings (SSSR count). The molecule has 0 heterocycles. The Morgan fingerprint density at radius 3 is 1.75 bits per heavy atom. The molecule has 0 aromatic rings. The van der Waals surface area contributed by atoms with E-state index < -0.39 is 8.91 Å². The summed E-state index contributed by atoms with van der Waals surface area (Å²) >= 11 is 15.2. The molecule has 0 amide bonds. The van der Waals surface area contributed by atoms with Gasteiger partial charge in [0.25, 0.3) is 8.91 Å². The van der Waals surface area contributed by atoms with Crippen molar-refractivity contribution in [2.24, 2.45) is 0 Å². The predicted octanol–water partition coefficient (Wildman–Crippen LogP) is 2.77. The number of hydrogen-bond acceptors (Lipinski definition) is 2. The van der Waals surface area contributed by atoms with Gasteiger partial charge in [-0.2, -0.15) is 0 Å². The third kappa shape index (κ3) is 3.25. The molecule has 0 N–H and O–H groups in total. The first-order chi connectivity index (χ1) is 3.48. The summed E-state index contributed by atoms with van der Waals surface area (Å²) < 4.78 is -1.88. The minimum atomic E-state index is -1.88. The molecule has 48 valence electrons. The average Bonchev–Trinajstić information content (AvgIpc) is 1.62. The molecule has 0 bridgehead atoms. The van der Waals surface area contributed by atoms with Crippen molar-refractivity contribution < 1.29 is 4.79 Å². The molecule has 0 spiro atoms. The first-order valence-electron chi connectivity index (χ1n) is 1.38. The van der Waals surface area contributed by atoms with E-state index in [2.05, 4.69) is 0 Å². The van der Waals surface area contributed by atoms with Crippen LogP contribution in [0.3, 0.4) is 0 Å². The smallest absolute Gasteiger partial charge is 0.260 e. The van der Waals surface area contributed by atoms with Crippen LogP contribution in [0.2, 0.25) is 0 Å². The summed E-state index contributed by atoms with van der Waals surface area (Å²) in [5.41, 5.74) is 0. The highest BCUT2D eigenvalue weighted by Crippen LogP contribution is 2.33. The summed E-state index contributed by atoms with van der Waals surface area (Å²) in [6, 6.07) is 0. The second kappa shape index (κ2) is 3.37. The Morgan fingerprint density at radius 2 is 1.75 bits per heavy atom. The topological polar surface area (TPSA) is 17.1 Å². The van der Waals surface area contributed by atoms with E-state index in [9.17, 15) is 4.79 Å². The second-order valence-electron chi connectivity index (χ2n) is 0.862. The molecule has 0 aromatic carbocycles. The van der Waals surface area contributed by atoms with E-state index >= 15 is 0 Å². The fourth-order valence-electron chi connectivity index (χ4n) is 0.0437. The van der Waals surface area contributed by atoms with E-state index in [1.165, 1.54) is 0 Å². The van der Waals surface area contributed by atoms with E-state index in [0.717, 1.165) is 0 Å². The van der Waals surface area contributed by atoms with E-state index in [1.54, 1.807) is 0 Å². The van der Waals surface area contributed by atoms with Gasteiger partial charge in [-0.3, -0.25) is 4.79 Å². The first-order valence-corrected chi connectivity index (χ1v) is 4.16. The average molecular weight is 214 g/mol. The molecule has 0 unspecified atom stereocenters. The zero-order valence-electron chi connectivity index (χ0n) is 3.33. The van der Waals surface area contributed by atoms with Crippen LogP contribution in [-0.2, 0) is 4.79 Å². The van der Waals surface area contributed by atoms with Crippen LogP contribution in [0, 0.1) is 0 Å². The summed E-state index contributed by atoms with van der Waals surface area (Å²) in [4.78, 5) is 10.3. The van der Waals surface area contributed by atoms with Gasteiger partial charge in [-0.15, -0.1) is 0 Å². The lowest BCUT2D eigenvalue weighted by Crippen LogP contribution is -2.12. The Morgan fingerprint density at radius 1 is 1.38 bits per heavy atom. The van der Waals surface area contributed by atoms with E-state index in [1.807, 2.05) is 0 Å². The number of halogens is 4. The number of alkyl halides is 3. The summed E-state index contributed by atoms with van der Waals surface area (Å²) in [6.07, 6.45) is 0. The summed E-state index contributed by atoms with van der Waals surface area (Å²) in [5, 5.41) is -0.691. The maximum atomic E-state index is 10.3. The largest absolute Gasteiger partial charge is 0.281 e. The molecule has 0 aliphatic heterocycles. The molecule has 1 nitrogen and oxygen atoms in total. The van der Waals surface area contributed by atoms with Crippen molar-refractivity contribution >= 4 is 61.6 Å². The Balaban J connectivity index is 3.82. The summed E-state index contributed by atoms with van der Waals surface area (Å²) in [6.45, 7) is 0. The first kappa shape index (κ1) is 9.18. The van der Waals surface area contributed by atoms with Crippen LogP contribution < -0.4 is 0 Å². The lowest BCUT2D eigenvalue weighted by molar-refractivity contribution is -0.110. The molecule has 0 saturated heterocycles. The van der Waals surface area contributed by atoms with Crippen LogP contribution in [0.15, 0.2) is 0 Å². The summed E-state index contributed by atoms with van der Waals surface area (Å²) in [7, 11) is 5.32. The molecule has 8 heavy (non-hydrogen) atoms. The quantitative estimate of drug-likeness (QED) is 0.576. The van der Waals surface area contributed by atoms with E-state index in [4.69, 9.17) is 45.5 Å². The number of carbonyl (C=O) groups is 1. The van der Waals surface area contributed by atoms with Gasteiger partial charge < -0.3 is 0 Å². The molecule has 0 radical (unpaired) electrons. The van der Waals surface area contributed by atoms with Crippen molar-refractivity contribution in [3.63, 3.8) is 0 Å². The zero-order chi connectivity index (χ0) is 6.78. The van der Waals surface area contributed by atoms with Crippen molar-refractivity contribution in [3.05, 3.63) is 0 Å². The Kier molecular flexibility index (Phi) is 3.87. The van der Waals surface area contributed by atoms with Gasteiger partial charge in [-0.1, -0.05) is 34.8 Å². The van der Waals surface area contributed by atoms with Crippen LogP contribution in [0.25, 0.3) is 0 Å². The van der Waals surface area contributed by atoms with Gasteiger partial charge in [-0.05, 0) is 10.7 Å². The van der Waals surface area contributed by atoms with Gasteiger partial charge in [0.2, 0.25) is 0 Å². The lowest BCUT2D eigenvalue weighted by atomic mass is 10.9. The molecule has 0 fully saturated rings. The van der Waals surface area contributed by atoms with E-state index in [0.29, 0.717) is 11.0 Å². The number of carbonyl (C=O) groups excluding carboxylic acids is 1. The van der Waals surface area contributed by atoms with Gasteiger partial charge in [0.1, 0.15) is 0 Å². The Hall–Kier alpha value is 1.18. The maximum Gasteiger partial charge on any atom is 0.260 e. The van der Waals surface area contributed by atoms with E-state index in [-0.39, 0.29) is 0 Å². The van der Waals surface area contributed by atoms with Gasteiger partial charge >= 0.3 is 0 Å². The van der Waals surface area contributed by atoms with Gasteiger partial charge in [0, 0.05) is 11.0 Å². The van der Waals surface area contributed by atoms with Crippen molar-refractivity contribution in [1.82, 2.24) is 0 Å². The zero-order valence-corrected chi connectivity index (χ0v) is 7.17. The third-order valence-electron chi connectivity index (χ3n) is 0.302. The molecule has 0 aromatic heterocycles. The van der Waals surface area contributed by atoms with Crippen LogP contribution in [0.5, 0.6) is 0 Å². The molecule has 0 aliphatic carbocycles. The molecular weight excluding hydrogens is 214 g/mol. The van der Waals surface area contributed by atoms with Crippen molar-refractivity contribution in [2.75, 3.05) is 0 Å². The standard InChI is InChI=1S/C2Cl4OS/c3-2(4,5)1(7)8-6. The lowest BCUT2D eigenvalue weighted by Gasteiger charge is -2.02. The van der Waals surface area contributed by atoms with Crippen molar-refractivity contribution in [1.29, 1.82) is 0 Å². The highest BCUT2D eigenvalue weighted by molar-refractivity contribution is 8.33. The van der Waals surface area contributed by atoms with Crippen molar-refractivity contribution in [3.8, 4) is 0 Å². The predicted molar refractivity (Wildman–Crippen MR) is 38.7 cm³/mol. The SMILES string of the molecule is O=C(SCl)C(Cl)(Cl)Cl. The van der Waals surface area contributed by atoms with Gasteiger partial charge in [-0.25, -0.2) is 0 Å². The fraction of sp³-hybridized carbons (Fsp3) is 0.500. The van der Waals surface area contributed by atoms with Crippen LogP contribution in [-0.4, -0.2) is 8.91 Å². The molecule has 0 saturated carbocycles. The fourth-order valence-corrected chi connectivity index (χ4v) is 1.18. The molecule has 6 heteroatoms. The second-order valence-corrected chi connectivity index (χ2v) is 4.13. The Labute approximate surface area is 70.1 Å². The molecule has 0 atom stereocenters. The minimum Gasteiger partial charge on any atom is -0.281 e. The maximum absolute atomic E-state index is 10.3. The number of rotatable bonds is 0. The third-order valence-corrected chi connectivity index (χ3v) is 2.02. The van der Waals surface area contributed by atoms with Crippen molar-refractivity contribution in [2.45, 2.75) is 3.79 Å². The highest BCUT2D eigenvalue weighted by Gasteiger charge is 2.30. The summed E-state index contributed by atoms with van der Waals surface area (Å²) in [5.74, 6) is 0. The molecular formula is C2Cl4OS. The number of hydrogen-bond donors (Lipinski definition) is 0. The van der Waals surface area contributed by atoms with Gasteiger partial charge in [0.15, 0.2) is 0 Å². The van der Waals surface area contributed by atoms with Crippen LogP contribution >= 0.6 is 56.5 Å². The normalized spacial score (nSPS) is 11.5. The van der Waals surface area contributed by atoms with Crippen LogP contribution in [0.1, 0.15) is 0 Å². The monoisotopic (exact) mass is 212 g/mol. The Bertz CT molecular complexity index is 96.7. The van der Waals surface area contributed by atoms with Crippen LogP contribution in [0.4, 0.5) is 0 Å². The highest BCUT2D eigenvalue weighted by atomic mass is 35.7. The molecule has 0 aliphatic rings. The van der Waals surface area contributed by atoms with Gasteiger partial charge in [0.05, 0.1) is 0 Å². The minimum absolute atomic E-state index is 0.369.